The number of hydrogen-bond donors (Lipinski definition) is 2. The van der Waals surface area contributed by atoms with E-state index in [-0.39, 0.29) is 23.3 Å². The number of nitrogens with zero attached hydrogens (tertiary/aromatic N) is 3. The predicted octanol–water partition coefficient (Wildman–Crippen LogP) is 3.71. The van der Waals surface area contributed by atoms with Crippen LogP contribution in [0.3, 0.4) is 0 Å². The maximum absolute atomic E-state index is 13.3. The topological polar surface area (TPSA) is 91.0 Å². The van der Waals surface area contributed by atoms with Crippen molar-refractivity contribution in [1.29, 1.82) is 0 Å². The molecule has 3 heterocycles. The van der Waals surface area contributed by atoms with E-state index in [0.717, 1.165) is 43.3 Å². The van der Waals surface area contributed by atoms with Gasteiger partial charge in [0.25, 0.3) is 5.91 Å². The van der Waals surface area contributed by atoms with Gasteiger partial charge in [0, 0.05) is 18.8 Å². The second-order valence-electron chi connectivity index (χ2n) is 8.16. The van der Waals surface area contributed by atoms with Crippen molar-refractivity contribution in [3.8, 4) is 0 Å². The molecule has 0 radical (unpaired) electrons. The van der Waals surface area contributed by atoms with Gasteiger partial charge < -0.3 is 10.2 Å². The van der Waals surface area contributed by atoms with Crippen LogP contribution in [0.25, 0.3) is 11.0 Å². The summed E-state index contributed by atoms with van der Waals surface area (Å²) < 4.78 is 0. The van der Waals surface area contributed by atoms with Crippen LogP contribution in [-0.4, -0.2) is 39.6 Å². The van der Waals surface area contributed by atoms with Gasteiger partial charge in [-0.2, -0.15) is 5.10 Å². The van der Waals surface area contributed by atoms with Crippen molar-refractivity contribution in [2.75, 3.05) is 11.4 Å². The number of para-hydroxylation sites is 1. The number of anilines is 1. The Morgan fingerprint density at radius 1 is 1.17 bits per heavy atom. The Kier molecular flexibility index (Phi) is 4.70. The molecule has 8 heteroatoms. The standard InChI is InChI=1S/C22H22ClN5O2/c23-15-4-1-2-6-17(15)28-13-11-22(21(28)30)9-7-14(8-10-22)25-20(29)19-18-16(26-27-19)5-3-12-24-18/h1-6,12,14H,7-11,13H2,(H,25,29)(H,26,27)/t14-,22-. The molecule has 3 aromatic rings. The zero-order chi connectivity index (χ0) is 20.7. The summed E-state index contributed by atoms with van der Waals surface area (Å²) in [6.45, 7) is 0.685. The average molecular weight is 424 g/mol. The van der Waals surface area contributed by atoms with Gasteiger partial charge in [-0.25, -0.2) is 0 Å². The summed E-state index contributed by atoms with van der Waals surface area (Å²) in [6, 6.07) is 11.1. The van der Waals surface area contributed by atoms with E-state index < -0.39 is 0 Å². The highest BCUT2D eigenvalue weighted by molar-refractivity contribution is 6.34. The number of carbonyl (C=O) groups is 2. The number of amides is 2. The fourth-order valence-electron chi connectivity index (χ4n) is 4.77. The van der Waals surface area contributed by atoms with Gasteiger partial charge in [0.2, 0.25) is 5.91 Å². The summed E-state index contributed by atoms with van der Waals surface area (Å²) in [7, 11) is 0. The monoisotopic (exact) mass is 423 g/mol. The van der Waals surface area contributed by atoms with Crippen molar-refractivity contribution in [2.45, 2.75) is 38.1 Å². The van der Waals surface area contributed by atoms with E-state index in [2.05, 4.69) is 20.5 Å². The summed E-state index contributed by atoms with van der Waals surface area (Å²) in [5.41, 5.74) is 2.06. The van der Waals surface area contributed by atoms with E-state index in [4.69, 9.17) is 11.6 Å². The molecule has 1 aliphatic carbocycles. The Morgan fingerprint density at radius 2 is 1.97 bits per heavy atom. The van der Waals surface area contributed by atoms with E-state index in [1.54, 1.807) is 12.3 Å². The Balaban J connectivity index is 1.25. The summed E-state index contributed by atoms with van der Waals surface area (Å²) in [4.78, 5) is 32.0. The van der Waals surface area contributed by atoms with Gasteiger partial charge in [-0.1, -0.05) is 23.7 Å². The lowest BCUT2D eigenvalue weighted by molar-refractivity contribution is -0.127. The molecule has 0 atom stereocenters. The van der Waals surface area contributed by atoms with Crippen LogP contribution < -0.4 is 10.2 Å². The molecular weight excluding hydrogens is 402 g/mol. The lowest BCUT2D eigenvalue weighted by Gasteiger charge is -2.36. The van der Waals surface area contributed by atoms with Gasteiger partial charge in [-0.3, -0.25) is 19.7 Å². The van der Waals surface area contributed by atoms with Crippen molar-refractivity contribution in [3.05, 3.63) is 53.3 Å². The van der Waals surface area contributed by atoms with E-state index in [9.17, 15) is 9.59 Å². The Labute approximate surface area is 178 Å². The molecule has 0 unspecified atom stereocenters. The number of rotatable bonds is 3. The third kappa shape index (κ3) is 3.13. The Hall–Kier alpha value is -2.93. The smallest absolute Gasteiger partial charge is 0.274 e. The third-order valence-corrected chi connectivity index (χ3v) is 6.79. The molecule has 2 N–H and O–H groups in total. The number of aromatic amines is 1. The molecule has 2 amide bonds. The molecule has 1 aliphatic heterocycles. The average Bonchev–Trinajstić information content (AvgIpc) is 3.33. The fraction of sp³-hybridized carbons (Fsp3) is 0.364. The number of pyridine rings is 1. The van der Waals surface area contributed by atoms with E-state index in [1.165, 1.54) is 0 Å². The van der Waals surface area contributed by atoms with Crippen LogP contribution in [0.2, 0.25) is 5.02 Å². The highest BCUT2D eigenvalue weighted by atomic mass is 35.5. The predicted molar refractivity (Wildman–Crippen MR) is 114 cm³/mol. The van der Waals surface area contributed by atoms with Crippen LogP contribution in [0.15, 0.2) is 42.6 Å². The maximum Gasteiger partial charge on any atom is 0.274 e. The van der Waals surface area contributed by atoms with Crippen LogP contribution in [0, 0.1) is 5.41 Å². The lowest BCUT2D eigenvalue weighted by Crippen LogP contribution is -2.44. The molecular formula is C22H22ClN5O2. The van der Waals surface area contributed by atoms with Gasteiger partial charge in [0.1, 0.15) is 5.52 Å². The summed E-state index contributed by atoms with van der Waals surface area (Å²) in [6.07, 6.45) is 5.53. The second kappa shape index (κ2) is 7.40. The van der Waals surface area contributed by atoms with Gasteiger partial charge in [-0.05, 0) is 56.4 Å². The third-order valence-electron chi connectivity index (χ3n) is 6.47. The minimum atomic E-state index is -0.346. The fourth-order valence-corrected chi connectivity index (χ4v) is 5.00. The lowest BCUT2D eigenvalue weighted by atomic mass is 9.71. The summed E-state index contributed by atoms with van der Waals surface area (Å²) in [5, 5.41) is 10.6. The number of benzene rings is 1. The van der Waals surface area contributed by atoms with Crippen LogP contribution >= 0.6 is 11.6 Å². The maximum atomic E-state index is 13.3. The summed E-state index contributed by atoms with van der Waals surface area (Å²) >= 11 is 6.31. The molecule has 1 spiro atoms. The number of nitrogens with one attached hydrogen (secondary N) is 2. The minimum absolute atomic E-state index is 0.0285. The number of carbonyl (C=O) groups excluding carboxylic acids is 2. The highest BCUT2D eigenvalue weighted by Crippen LogP contribution is 2.46. The molecule has 0 bridgehead atoms. The van der Waals surface area contributed by atoms with Gasteiger partial charge in [0.15, 0.2) is 5.69 Å². The number of halogens is 1. The van der Waals surface area contributed by atoms with Gasteiger partial charge in [0.05, 0.1) is 21.6 Å². The Morgan fingerprint density at radius 3 is 2.77 bits per heavy atom. The molecule has 5 rings (SSSR count). The van der Waals surface area contributed by atoms with Gasteiger partial charge in [-0.15, -0.1) is 0 Å². The van der Waals surface area contributed by atoms with E-state index in [0.29, 0.717) is 22.8 Å². The zero-order valence-electron chi connectivity index (χ0n) is 16.4. The van der Waals surface area contributed by atoms with E-state index in [1.807, 2.05) is 35.2 Å². The minimum Gasteiger partial charge on any atom is -0.348 e. The first-order chi connectivity index (χ1) is 14.6. The largest absolute Gasteiger partial charge is 0.348 e. The number of H-pyrrole nitrogens is 1. The van der Waals surface area contributed by atoms with E-state index >= 15 is 0 Å². The highest BCUT2D eigenvalue weighted by Gasteiger charge is 2.49. The molecule has 2 aliphatic rings. The van der Waals surface area contributed by atoms with Crippen LogP contribution in [0.4, 0.5) is 5.69 Å². The molecule has 1 saturated heterocycles. The van der Waals surface area contributed by atoms with Gasteiger partial charge >= 0.3 is 0 Å². The number of aromatic nitrogens is 3. The molecule has 1 saturated carbocycles. The summed E-state index contributed by atoms with van der Waals surface area (Å²) in [5.74, 6) is -0.0702. The molecule has 7 nitrogen and oxygen atoms in total. The van der Waals surface area contributed by atoms with Crippen molar-refractivity contribution < 1.29 is 9.59 Å². The second-order valence-corrected chi connectivity index (χ2v) is 8.57. The normalized spacial score (nSPS) is 24.0. The quantitative estimate of drug-likeness (QED) is 0.671. The van der Waals surface area contributed by atoms with Crippen molar-refractivity contribution in [2.24, 2.45) is 5.41 Å². The molecule has 1 aromatic carbocycles. The SMILES string of the molecule is O=C(N[C@H]1CC[C@@]2(CCN(c3ccccc3Cl)C2=O)CC1)c1n[nH]c2cccnc12. The first kappa shape index (κ1) is 19.1. The molecule has 2 aromatic heterocycles. The molecule has 2 fully saturated rings. The van der Waals surface area contributed by atoms with Crippen LogP contribution in [0.5, 0.6) is 0 Å². The number of hydrogen-bond acceptors (Lipinski definition) is 4. The zero-order valence-corrected chi connectivity index (χ0v) is 17.2. The van der Waals surface area contributed by atoms with Crippen molar-refractivity contribution >= 4 is 40.1 Å². The Bertz CT molecular complexity index is 1120. The first-order valence-corrected chi connectivity index (χ1v) is 10.6. The molecule has 154 valence electrons. The van der Waals surface area contributed by atoms with Crippen LogP contribution in [-0.2, 0) is 4.79 Å². The van der Waals surface area contributed by atoms with Crippen LogP contribution in [0.1, 0.15) is 42.6 Å². The van der Waals surface area contributed by atoms with Crippen molar-refractivity contribution in [1.82, 2.24) is 20.5 Å². The van der Waals surface area contributed by atoms with Crippen molar-refractivity contribution in [3.63, 3.8) is 0 Å². The number of fused-ring (bicyclic) bond motifs is 1. The molecule has 30 heavy (non-hydrogen) atoms. The first-order valence-electron chi connectivity index (χ1n) is 10.2.